The smallest absolute Gasteiger partial charge is 0.247 e. The number of hydrogen-bond acceptors (Lipinski definition) is 6. The topological polar surface area (TPSA) is 113 Å². The van der Waals surface area contributed by atoms with Crippen molar-refractivity contribution in [1.82, 2.24) is 29.9 Å². The summed E-state index contributed by atoms with van der Waals surface area (Å²) in [5.41, 5.74) is 4.58. The van der Waals surface area contributed by atoms with Crippen LogP contribution in [0.5, 0.6) is 0 Å². The summed E-state index contributed by atoms with van der Waals surface area (Å²) >= 11 is 6.23. The van der Waals surface area contributed by atoms with Gasteiger partial charge in [-0.1, -0.05) is 30.3 Å². The Morgan fingerprint density at radius 2 is 2.06 bits per heavy atom. The minimum absolute atomic E-state index is 0.245. The van der Waals surface area contributed by atoms with Gasteiger partial charge in [0.25, 0.3) is 0 Å². The molecule has 0 fully saturated rings. The van der Waals surface area contributed by atoms with Crippen LogP contribution in [0.2, 0.25) is 5.02 Å². The van der Waals surface area contributed by atoms with Gasteiger partial charge in [-0.05, 0) is 36.8 Å². The van der Waals surface area contributed by atoms with Crippen molar-refractivity contribution in [2.24, 2.45) is 0 Å². The molecule has 0 spiro atoms. The molecule has 31 heavy (non-hydrogen) atoms. The average molecular weight is 435 g/mol. The van der Waals surface area contributed by atoms with Gasteiger partial charge in [-0.2, -0.15) is 10.2 Å². The van der Waals surface area contributed by atoms with Gasteiger partial charge in [-0.15, -0.1) is 0 Å². The van der Waals surface area contributed by atoms with Gasteiger partial charge < -0.3 is 10.6 Å². The lowest BCUT2D eigenvalue weighted by molar-refractivity contribution is -0.111. The number of aryl methyl sites for hydroxylation is 1. The Morgan fingerprint density at radius 3 is 2.77 bits per heavy atom. The largest absolute Gasteiger partial charge is 0.323 e. The molecule has 3 aromatic heterocycles. The van der Waals surface area contributed by atoms with Gasteiger partial charge in [0.05, 0.1) is 29.6 Å². The van der Waals surface area contributed by atoms with E-state index in [1.807, 2.05) is 43.5 Å². The van der Waals surface area contributed by atoms with Crippen LogP contribution < -0.4 is 10.6 Å². The summed E-state index contributed by atoms with van der Waals surface area (Å²) in [7, 11) is 0. The lowest BCUT2D eigenvalue weighted by Crippen LogP contribution is -2.07. The molecule has 156 valence electrons. The van der Waals surface area contributed by atoms with Crippen LogP contribution in [0.25, 0.3) is 11.4 Å². The maximum Gasteiger partial charge on any atom is 0.247 e. The molecule has 0 aliphatic heterocycles. The number of amides is 1. The van der Waals surface area contributed by atoms with Crippen molar-refractivity contribution in [3.05, 3.63) is 77.9 Å². The fraction of sp³-hybridized carbons (Fsp3) is 0.0952. The highest BCUT2D eigenvalue weighted by Crippen LogP contribution is 2.26. The van der Waals surface area contributed by atoms with Crippen LogP contribution >= 0.6 is 11.6 Å². The molecule has 4 aromatic rings. The molecule has 10 heteroatoms. The third-order valence-electron chi connectivity index (χ3n) is 4.33. The number of nitrogens with zero attached hydrogens (tertiary/aromatic N) is 5. The fourth-order valence-electron chi connectivity index (χ4n) is 2.86. The van der Waals surface area contributed by atoms with Crippen molar-refractivity contribution < 1.29 is 4.79 Å². The summed E-state index contributed by atoms with van der Waals surface area (Å²) in [5.74, 6) is 0.146. The van der Waals surface area contributed by atoms with Crippen molar-refractivity contribution in [1.29, 1.82) is 0 Å². The van der Waals surface area contributed by atoms with Crippen LogP contribution in [0.1, 0.15) is 11.3 Å². The van der Waals surface area contributed by atoms with Gasteiger partial charge in [0.1, 0.15) is 11.4 Å². The highest BCUT2D eigenvalue weighted by Gasteiger charge is 2.12. The van der Waals surface area contributed by atoms with E-state index in [1.54, 1.807) is 10.9 Å². The summed E-state index contributed by atoms with van der Waals surface area (Å²) in [6.45, 7) is 5.91. The third kappa shape index (κ3) is 4.96. The van der Waals surface area contributed by atoms with E-state index in [-0.39, 0.29) is 5.91 Å². The first-order valence-corrected chi connectivity index (χ1v) is 9.75. The fourth-order valence-corrected chi connectivity index (χ4v) is 3.05. The van der Waals surface area contributed by atoms with Crippen LogP contribution in [-0.4, -0.2) is 35.9 Å². The van der Waals surface area contributed by atoms with Crippen LogP contribution in [-0.2, 0) is 11.3 Å². The maximum atomic E-state index is 11.4. The van der Waals surface area contributed by atoms with Gasteiger partial charge in [-0.3, -0.25) is 14.6 Å². The minimum Gasteiger partial charge on any atom is -0.323 e. The monoisotopic (exact) mass is 434 g/mol. The molecule has 0 saturated carbocycles. The van der Waals surface area contributed by atoms with E-state index in [4.69, 9.17) is 11.6 Å². The van der Waals surface area contributed by atoms with Crippen molar-refractivity contribution in [3.63, 3.8) is 0 Å². The molecule has 0 atom stereocenters. The number of aromatic nitrogens is 6. The van der Waals surface area contributed by atoms with Gasteiger partial charge in [0.15, 0.2) is 0 Å². The number of benzene rings is 1. The number of H-pyrrole nitrogens is 1. The summed E-state index contributed by atoms with van der Waals surface area (Å²) in [4.78, 5) is 20.1. The standard InChI is InChI=1S/C21H19ClN8O/c1-3-19(31)25-15-6-4-14(5-7-15)11-30-12-16(9-24-30)26-21-23-10-17(22)20(27-21)18-8-13(2)28-29-18/h3-10,12H,1,11H2,2H3,(H,25,31)(H,28,29)(H,23,26,27). The van der Waals surface area contributed by atoms with Crippen molar-refractivity contribution in [2.45, 2.75) is 13.5 Å². The quantitative estimate of drug-likeness (QED) is 0.379. The number of nitrogens with one attached hydrogen (secondary N) is 3. The number of halogens is 1. The Kier molecular flexibility index (Phi) is 5.76. The number of anilines is 3. The van der Waals surface area contributed by atoms with E-state index in [9.17, 15) is 4.79 Å². The van der Waals surface area contributed by atoms with E-state index in [0.29, 0.717) is 34.6 Å². The van der Waals surface area contributed by atoms with E-state index >= 15 is 0 Å². The van der Waals surface area contributed by atoms with E-state index < -0.39 is 0 Å². The Morgan fingerprint density at radius 1 is 1.26 bits per heavy atom. The van der Waals surface area contributed by atoms with Crippen molar-refractivity contribution in [2.75, 3.05) is 10.6 Å². The molecular formula is C21H19ClN8O. The molecule has 1 amide bonds. The summed E-state index contributed by atoms with van der Waals surface area (Å²) < 4.78 is 1.79. The SMILES string of the molecule is C=CC(=O)Nc1ccc(Cn2cc(Nc3ncc(Cl)c(-c4cc(C)[nH]n4)n3)cn2)cc1. The minimum atomic E-state index is -0.245. The maximum absolute atomic E-state index is 11.4. The van der Waals surface area contributed by atoms with E-state index in [2.05, 4.69) is 42.5 Å². The molecule has 9 nitrogen and oxygen atoms in total. The molecule has 0 aliphatic rings. The number of carbonyl (C=O) groups is 1. The number of rotatable bonds is 7. The normalized spacial score (nSPS) is 10.6. The first-order chi connectivity index (χ1) is 15.0. The second-order valence-electron chi connectivity index (χ2n) is 6.77. The number of carbonyl (C=O) groups excluding carboxylic acids is 1. The zero-order chi connectivity index (χ0) is 21.8. The molecule has 4 rings (SSSR count). The van der Waals surface area contributed by atoms with Crippen LogP contribution in [0, 0.1) is 6.92 Å². The highest BCUT2D eigenvalue weighted by atomic mass is 35.5. The lowest BCUT2D eigenvalue weighted by atomic mass is 10.2. The van der Waals surface area contributed by atoms with Crippen molar-refractivity contribution in [3.8, 4) is 11.4 Å². The van der Waals surface area contributed by atoms with Crippen molar-refractivity contribution >= 4 is 34.8 Å². The summed E-state index contributed by atoms with van der Waals surface area (Å²) in [6.07, 6.45) is 6.31. The molecule has 1 aromatic carbocycles. The third-order valence-corrected chi connectivity index (χ3v) is 4.61. The van der Waals surface area contributed by atoms with Crippen LogP contribution in [0.15, 0.2) is 61.6 Å². The first kappa shape index (κ1) is 20.3. The zero-order valence-electron chi connectivity index (χ0n) is 16.6. The van der Waals surface area contributed by atoms with Gasteiger partial charge >= 0.3 is 0 Å². The summed E-state index contributed by atoms with van der Waals surface area (Å²) in [5, 5.41) is 17.7. The molecular weight excluding hydrogens is 416 g/mol. The molecule has 3 heterocycles. The average Bonchev–Trinajstić information content (AvgIpc) is 3.39. The second kappa shape index (κ2) is 8.80. The summed E-state index contributed by atoms with van der Waals surface area (Å²) in [6, 6.07) is 9.38. The predicted molar refractivity (Wildman–Crippen MR) is 119 cm³/mol. The molecule has 0 aliphatic carbocycles. The van der Waals surface area contributed by atoms with E-state index in [1.165, 1.54) is 12.3 Å². The highest BCUT2D eigenvalue weighted by molar-refractivity contribution is 6.32. The molecule has 0 saturated heterocycles. The molecule has 3 N–H and O–H groups in total. The lowest BCUT2D eigenvalue weighted by Gasteiger charge is -2.06. The Labute approximate surface area is 183 Å². The predicted octanol–water partition coefficient (Wildman–Crippen LogP) is 3.94. The Balaban J connectivity index is 1.44. The van der Waals surface area contributed by atoms with Crippen LogP contribution in [0.4, 0.5) is 17.3 Å². The van der Waals surface area contributed by atoms with Gasteiger partial charge in [0, 0.05) is 17.6 Å². The zero-order valence-corrected chi connectivity index (χ0v) is 17.4. The molecule has 0 radical (unpaired) electrons. The Bertz CT molecular complexity index is 1230. The second-order valence-corrected chi connectivity index (χ2v) is 7.18. The first-order valence-electron chi connectivity index (χ1n) is 9.37. The van der Waals surface area contributed by atoms with E-state index in [0.717, 1.165) is 16.9 Å². The molecule has 0 bridgehead atoms. The van der Waals surface area contributed by atoms with Gasteiger partial charge in [-0.25, -0.2) is 9.97 Å². The number of hydrogen-bond donors (Lipinski definition) is 3. The molecule has 0 unspecified atom stereocenters. The van der Waals surface area contributed by atoms with Crippen LogP contribution in [0.3, 0.4) is 0 Å². The van der Waals surface area contributed by atoms with Gasteiger partial charge in [0.2, 0.25) is 11.9 Å². The number of aromatic amines is 1. The Hall–Kier alpha value is -3.98.